The highest BCUT2D eigenvalue weighted by atomic mass is 19.1. The van der Waals surface area contributed by atoms with Gasteiger partial charge in [-0.2, -0.15) is 0 Å². The number of rotatable bonds is 5. The van der Waals surface area contributed by atoms with Crippen molar-refractivity contribution >= 4 is 17.7 Å². The van der Waals surface area contributed by atoms with E-state index in [1.54, 1.807) is 36.3 Å². The van der Waals surface area contributed by atoms with Gasteiger partial charge in [0.05, 0.1) is 13.7 Å². The van der Waals surface area contributed by atoms with Gasteiger partial charge in [-0.3, -0.25) is 19.3 Å². The molecule has 0 aliphatic carbocycles. The first kappa shape index (κ1) is 24.7. The number of hydrogen-bond acceptors (Lipinski definition) is 5. The highest BCUT2D eigenvalue weighted by Gasteiger charge is 2.54. The van der Waals surface area contributed by atoms with E-state index in [1.807, 2.05) is 13.8 Å². The lowest BCUT2D eigenvalue weighted by molar-refractivity contribution is -0.128. The van der Waals surface area contributed by atoms with Crippen molar-refractivity contribution in [1.29, 1.82) is 0 Å². The van der Waals surface area contributed by atoms with Crippen LogP contribution in [0.2, 0.25) is 0 Å². The van der Waals surface area contributed by atoms with Crippen LogP contribution in [0.5, 0.6) is 5.75 Å². The highest BCUT2D eigenvalue weighted by Crippen LogP contribution is 2.39. The first-order valence-corrected chi connectivity index (χ1v) is 11.7. The monoisotopic (exact) mass is 483 g/mol. The maximum Gasteiger partial charge on any atom is 0.256 e. The summed E-state index contributed by atoms with van der Waals surface area (Å²) in [6, 6.07) is 11.3. The highest BCUT2D eigenvalue weighted by molar-refractivity contribution is 5.98. The van der Waals surface area contributed by atoms with Crippen LogP contribution in [0.25, 0.3) is 0 Å². The van der Waals surface area contributed by atoms with Crippen LogP contribution in [-0.2, 0) is 9.53 Å². The van der Waals surface area contributed by atoms with Gasteiger partial charge in [-0.1, -0.05) is 6.07 Å². The second-order valence-corrected chi connectivity index (χ2v) is 9.14. The maximum absolute atomic E-state index is 13.6. The maximum atomic E-state index is 13.6. The second kappa shape index (κ2) is 10.0. The molecular weight excluding hydrogens is 453 g/mol. The zero-order chi connectivity index (χ0) is 25.2. The predicted molar refractivity (Wildman–Crippen MR) is 126 cm³/mol. The number of carbonyl (C=O) groups excluding carboxylic acids is 3. The molecule has 0 radical (unpaired) electrons. The molecular formula is C26H30FN3O5. The van der Waals surface area contributed by atoms with Gasteiger partial charge in [-0.05, 0) is 56.3 Å². The summed E-state index contributed by atoms with van der Waals surface area (Å²) >= 11 is 0. The first-order chi connectivity index (χ1) is 16.7. The van der Waals surface area contributed by atoms with Crippen LogP contribution < -0.4 is 10.1 Å². The normalized spacial score (nSPS) is 19.2. The Morgan fingerprint density at radius 1 is 1.06 bits per heavy atom. The summed E-state index contributed by atoms with van der Waals surface area (Å²) in [7, 11) is 1.55. The molecule has 35 heavy (non-hydrogen) atoms. The lowest BCUT2D eigenvalue weighted by Gasteiger charge is -2.44. The van der Waals surface area contributed by atoms with Gasteiger partial charge in [0.1, 0.15) is 23.3 Å². The Morgan fingerprint density at radius 2 is 1.74 bits per heavy atom. The Labute approximate surface area is 204 Å². The lowest BCUT2D eigenvalue weighted by Crippen LogP contribution is -2.60. The van der Waals surface area contributed by atoms with Crippen LogP contribution in [0, 0.1) is 5.82 Å². The Balaban J connectivity index is 1.57. The second-order valence-electron chi connectivity index (χ2n) is 9.14. The number of nitrogens with zero attached hydrogens (tertiary/aromatic N) is 2. The minimum Gasteiger partial charge on any atom is -0.497 e. The van der Waals surface area contributed by atoms with E-state index in [2.05, 4.69) is 5.32 Å². The molecule has 0 aromatic heterocycles. The average Bonchev–Trinajstić information content (AvgIpc) is 3.22. The molecule has 0 bridgehead atoms. The fourth-order valence-electron chi connectivity index (χ4n) is 4.68. The number of piperidine rings is 1. The van der Waals surface area contributed by atoms with Gasteiger partial charge in [0, 0.05) is 43.1 Å². The average molecular weight is 484 g/mol. The van der Waals surface area contributed by atoms with E-state index in [0.29, 0.717) is 37.2 Å². The third-order valence-corrected chi connectivity index (χ3v) is 6.45. The minimum atomic E-state index is -1.03. The molecule has 1 unspecified atom stereocenters. The summed E-state index contributed by atoms with van der Waals surface area (Å²) < 4.78 is 24.9. The van der Waals surface area contributed by atoms with E-state index in [4.69, 9.17) is 9.47 Å². The topological polar surface area (TPSA) is 88.2 Å². The van der Waals surface area contributed by atoms with Crippen LogP contribution in [0.1, 0.15) is 47.4 Å². The minimum absolute atomic E-state index is 0.0509. The fourth-order valence-corrected chi connectivity index (χ4v) is 4.68. The number of carbonyl (C=O) groups is 3. The molecule has 1 atom stereocenters. The van der Waals surface area contributed by atoms with E-state index in [1.165, 1.54) is 29.2 Å². The number of ether oxygens (including phenoxy) is 2. The van der Waals surface area contributed by atoms with Gasteiger partial charge in [0.2, 0.25) is 5.91 Å². The van der Waals surface area contributed by atoms with Gasteiger partial charge < -0.3 is 19.7 Å². The zero-order valence-electron chi connectivity index (χ0n) is 20.1. The van der Waals surface area contributed by atoms with Gasteiger partial charge in [-0.15, -0.1) is 0 Å². The number of amides is 3. The molecule has 8 nitrogen and oxygen atoms in total. The largest absolute Gasteiger partial charge is 0.497 e. The standard InChI is InChI=1S/C26H30FN3O5/c1-17(2)28-23(31)22-16-35-26(30(22)25(33)18-7-9-20(27)10-8-18)11-13-29(14-12-26)24(32)19-5-4-6-21(15-19)34-3/h4-10,15,17,22H,11-14,16H2,1-3H3,(H,28,31). The van der Waals surface area contributed by atoms with Crippen LogP contribution >= 0.6 is 0 Å². The Hall–Kier alpha value is -3.46. The summed E-state index contributed by atoms with van der Waals surface area (Å²) in [5.41, 5.74) is -0.245. The van der Waals surface area contributed by atoms with Gasteiger partial charge in [-0.25, -0.2) is 4.39 Å². The van der Waals surface area contributed by atoms with Crippen molar-refractivity contribution in [3.05, 3.63) is 65.5 Å². The molecule has 2 fully saturated rings. The van der Waals surface area contributed by atoms with Gasteiger partial charge in [0.25, 0.3) is 11.8 Å². The molecule has 1 spiro atoms. The summed E-state index contributed by atoms with van der Waals surface area (Å²) in [6.45, 7) is 4.44. The predicted octanol–water partition coefficient (Wildman–Crippen LogP) is 2.83. The van der Waals surface area contributed by atoms with Crippen molar-refractivity contribution in [3.63, 3.8) is 0 Å². The summed E-state index contributed by atoms with van der Waals surface area (Å²) in [5.74, 6) is -0.700. The fraction of sp³-hybridized carbons (Fsp3) is 0.423. The van der Waals surface area contributed by atoms with E-state index < -0.39 is 23.5 Å². The SMILES string of the molecule is COc1cccc(C(=O)N2CCC3(CC2)OCC(C(=O)NC(C)C)N3C(=O)c2ccc(F)cc2)c1. The van der Waals surface area contributed by atoms with Gasteiger partial charge >= 0.3 is 0 Å². The molecule has 2 aliphatic rings. The Bertz CT molecular complexity index is 1100. The molecule has 1 N–H and O–H groups in total. The number of benzene rings is 2. The van der Waals surface area contributed by atoms with Gasteiger partial charge in [0.15, 0.2) is 0 Å². The summed E-state index contributed by atoms with van der Waals surface area (Å²) in [4.78, 5) is 42.9. The number of halogens is 1. The number of hydrogen-bond donors (Lipinski definition) is 1. The van der Waals surface area contributed by atoms with Crippen LogP contribution in [-0.4, -0.2) is 72.1 Å². The Morgan fingerprint density at radius 3 is 2.37 bits per heavy atom. The van der Waals surface area contributed by atoms with Crippen molar-refractivity contribution in [2.45, 2.75) is 44.5 Å². The molecule has 4 rings (SSSR count). The molecule has 2 saturated heterocycles. The van der Waals surface area contributed by atoms with Crippen molar-refractivity contribution < 1.29 is 28.2 Å². The molecule has 2 aromatic carbocycles. The van der Waals surface area contributed by atoms with Crippen LogP contribution in [0.15, 0.2) is 48.5 Å². The van der Waals surface area contributed by atoms with Crippen LogP contribution in [0.4, 0.5) is 4.39 Å². The lowest BCUT2D eigenvalue weighted by atomic mass is 9.96. The number of nitrogens with one attached hydrogen (secondary N) is 1. The molecule has 2 heterocycles. The van der Waals surface area contributed by atoms with Crippen molar-refractivity contribution in [2.24, 2.45) is 0 Å². The van der Waals surface area contributed by atoms with E-state index in [9.17, 15) is 18.8 Å². The van der Waals surface area contributed by atoms with Crippen molar-refractivity contribution in [3.8, 4) is 5.75 Å². The third-order valence-electron chi connectivity index (χ3n) is 6.45. The quantitative estimate of drug-likeness (QED) is 0.707. The van der Waals surface area contributed by atoms with Crippen molar-refractivity contribution in [1.82, 2.24) is 15.1 Å². The molecule has 0 saturated carbocycles. The summed E-state index contributed by atoms with van der Waals surface area (Å²) in [5, 5.41) is 2.86. The zero-order valence-corrected chi connectivity index (χ0v) is 20.1. The molecule has 9 heteroatoms. The number of likely N-dealkylation sites (tertiary alicyclic amines) is 1. The van der Waals surface area contributed by atoms with Crippen molar-refractivity contribution in [2.75, 3.05) is 26.8 Å². The van der Waals surface area contributed by atoms with E-state index in [0.717, 1.165) is 0 Å². The molecule has 2 aliphatic heterocycles. The summed E-state index contributed by atoms with van der Waals surface area (Å²) in [6.07, 6.45) is 0.697. The smallest absolute Gasteiger partial charge is 0.256 e. The number of methoxy groups -OCH3 is 1. The Kier molecular flexibility index (Phi) is 7.07. The third kappa shape index (κ3) is 5.00. The van der Waals surface area contributed by atoms with E-state index >= 15 is 0 Å². The first-order valence-electron chi connectivity index (χ1n) is 11.7. The van der Waals surface area contributed by atoms with E-state index in [-0.39, 0.29) is 30.0 Å². The molecule has 3 amide bonds. The molecule has 186 valence electrons. The molecule has 2 aromatic rings. The van der Waals surface area contributed by atoms with Crippen LogP contribution in [0.3, 0.4) is 0 Å².